The Bertz CT molecular complexity index is 94.8. The molecule has 0 aromatic heterocycles. The first kappa shape index (κ1) is 10.1. The molecule has 0 atom stereocenters. The molecule has 0 aliphatic heterocycles. The van der Waals surface area contributed by atoms with Crippen LogP contribution in [0.25, 0.3) is 0 Å². The zero-order chi connectivity index (χ0) is 8.04. The highest BCUT2D eigenvalue weighted by molar-refractivity contribution is 7.16. The lowest BCUT2D eigenvalue weighted by Crippen LogP contribution is -2.48. The molecule has 0 aliphatic rings. The van der Waals surface area contributed by atoms with Gasteiger partial charge in [-0.1, -0.05) is 0 Å². The fourth-order valence-electron chi connectivity index (χ4n) is 0.677. The van der Waals surface area contributed by atoms with Crippen LogP contribution in [0.2, 0.25) is 0 Å². The number of hydrogen-bond acceptors (Lipinski definition) is 3. The smallest absolute Gasteiger partial charge is 0.380 e. The summed E-state index contributed by atoms with van der Waals surface area (Å²) < 4.78 is 15.5. The molecule has 0 heterocycles. The maximum atomic E-state index is 5.16. The van der Waals surface area contributed by atoms with Crippen LogP contribution >= 0.6 is 0 Å². The van der Waals surface area contributed by atoms with Crippen LogP contribution < -0.4 is 0 Å². The maximum Gasteiger partial charge on any atom is 0.466 e. The van der Waals surface area contributed by atoms with E-state index in [2.05, 4.69) is 6.58 Å². The predicted molar refractivity (Wildman–Crippen MR) is 45.5 cm³/mol. The largest absolute Gasteiger partial charge is 0.466 e. The van der Waals surface area contributed by atoms with Crippen molar-refractivity contribution in [3.05, 3.63) is 12.3 Å². The van der Waals surface area contributed by atoms with Gasteiger partial charge in [-0.2, -0.15) is 0 Å². The SMILES string of the molecule is C=C[SiH2][Si](OC)(OC)OC. The van der Waals surface area contributed by atoms with Gasteiger partial charge in [0.2, 0.25) is 0 Å². The average molecular weight is 178 g/mol. The second-order valence-corrected chi connectivity index (χ2v) is 9.19. The molecule has 60 valence electrons. The van der Waals surface area contributed by atoms with Crippen molar-refractivity contribution in [2.24, 2.45) is 0 Å². The Morgan fingerprint density at radius 1 is 1.20 bits per heavy atom. The Balaban J connectivity index is 4.00. The Labute approximate surface area is 65.0 Å². The molecule has 0 aromatic rings. The van der Waals surface area contributed by atoms with Crippen molar-refractivity contribution in [1.29, 1.82) is 0 Å². The van der Waals surface area contributed by atoms with Gasteiger partial charge < -0.3 is 13.3 Å². The molecule has 0 spiro atoms. The lowest BCUT2D eigenvalue weighted by Gasteiger charge is -2.22. The highest BCUT2D eigenvalue weighted by Gasteiger charge is 2.35. The van der Waals surface area contributed by atoms with Gasteiger partial charge in [0, 0.05) is 21.3 Å². The predicted octanol–water partition coefficient (Wildman–Crippen LogP) is -0.327. The van der Waals surface area contributed by atoms with E-state index in [0.717, 1.165) is 0 Å². The lowest BCUT2D eigenvalue weighted by molar-refractivity contribution is 0.148. The molecule has 0 saturated carbocycles. The molecule has 0 fully saturated rings. The van der Waals surface area contributed by atoms with Gasteiger partial charge in [0.25, 0.3) is 0 Å². The number of hydrogen-bond donors (Lipinski definition) is 0. The molecule has 0 radical (unpaired) electrons. The summed E-state index contributed by atoms with van der Waals surface area (Å²) in [4.78, 5) is 0. The molecular weight excluding hydrogens is 164 g/mol. The molecule has 0 saturated heterocycles. The first-order valence-electron chi connectivity index (χ1n) is 3.01. The summed E-state index contributed by atoms with van der Waals surface area (Å²) in [5, 5.41) is 0. The van der Waals surface area contributed by atoms with E-state index >= 15 is 0 Å². The van der Waals surface area contributed by atoms with Crippen molar-refractivity contribution in [1.82, 2.24) is 0 Å². The average Bonchev–Trinajstić information content (AvgIpc) is 2.01. The molecule has 0 unspecified atom stereocenters. The van der Waals surface area contributed by atoms with Crippen LogP contribution in [-0.2, 0) is 13.3 Å². The molecule has 0 rings (SSSR count). The topological polar surface area (TPSA) is 27.7 Å². The molecular formula is C5H14O3Si2. The third-order valence-electron chi connectivity index (χ3n) is 1.33. The minimum absolute atomic E-state index is 0.535. The molecule has 0 aliphatic carbocycles. The van der Waals surface area contributed by atoms with Crippen LogP contribution in [0.4, 0.5) is 0 Å². The number of rotatable bonds is 5. The second-order valence-electron chi connectivity index (χ2n) is 1.79. The van der Waals surface area contributed by atoms with Gasteiger partial charge in [0.05, 0.1) is 0 Å². The molecule has 0 bridgehead atoms. The van der Waals surface area contributed by atoms with Crippen LogP contribution in [0.15, 0.2) is 12.3 Å². The Morgan fingerprint density at radius 2 is 1.60 bits per heavy atom. The third kappa shape index (κ3) is 2.35. The molecule has 0 amide bonds. The maximum absolute atomic E-state index is 5.16. The summed E-state index contributed by atoms with van der Waals surface area (Å²) >= 11 is 0. The summed E-state index contributed by atoms with van der Waals surface area (Å²) in [7, 11) is 2.13. The molecule has 3 nitrogen and oxygen atoms in total. The van der Waals surface area contributed by atoms with Gasteiger partial charge in [-0.25, -0.2) is 0 Å². The highest BCUT2D eigenvalue weighted by atomic mass is 29.2. The third-order valence-corrected chi connectivity index (χ3v) is 8.95. The second kappa shape index (κ2) is 4.81. The van der Waals surface area contributed by atoms with E-state index in [9.17, 15) is 0 Å². The normalized spacial score (nSPS) is 12.7. The minimum Gasteiger partial charge on any atom is -0.380 e. The van der Waals surface area contributed by atoms with Crippen LogP contribution in [0.1, 0.15) is 0 Å². The van der Waals surface area contributed by atoms with E-state index in [4.69, 9.17) is 13.3 Å². The van der Waals surface area contributed by atoms with E-state index in [0.29, 0.717) is 0 Å². The van der Waals surface area contributed by atoms with Gasteiger partial charge in [-0.3, -0.25) is 0 Å². The molecule has 5 heteroatoms. The van der Waals surface area contributed by atoms with E-state index in [1.807, 2.05) is 5.70 Å². The van der Waals surface area contributed by atoms with Gasteiger partial charge in [0.15, 0.2) is 0 Å². The van der Waals surface area contributed by atoms with Crippen LogP contribution in [0.3, 0.4) is 0 Å². The van der Waals surface area contributed by atoms with E-state index in [1.54, 1.807) is 21.3 Å². The minimum atomic E-state index is -2.20. The van der Waals surface area contributed by atoms with Crippen molar-refractivity contribution < 1.29 is 13.3 Å². The molecule has 0 N–H and O–H groups in total. The fourth-order valence-corrected chi connectivity index (χ4v) is 4.59. The van der Waals surface area contributed by atoms with Crippen molar-refractivity contribution in [2.45, 2.75) is 0 Å². The van der Waals surface area contributed by atoms with E-state index in [1.165, 1.54) is 0 Å². The first-order valence-corrected chi connectivity index (χ1v) is 7.88. The van der Waals surface area contributed by atoms with Crippen LogP contribution in [0, 0.1) is 0 Å². The van der Waals surface area contributed by atoms with E-state index in [-0.39, 0.29) is 0 Å². The zero-order valence-electron chi connectivity index (χ0n) is 6.72. The van der Waals surface area contributed by atoms with Gasteiger partial charge >= 0.3 is 8.32 Å². The lowest BCUT2D eigenvalue weighted by atomic mass is 11.3. The monoisotopic (exact) mass is 178 g/mol. The van der Waals surface area contributed by atoms with Crippen LogP contribution in [-0.4, -0.2) is 38.7 Å². The summed E-state index contributed by atoms with van der Waals surface area (Å²) in [6, 6.07) is 0. The Morgan fingerprint density at radius 3 is 1.70 bits per heavy atom. The van der Waals surface area contributed by atoms with E-state index < -0.39 is 17.4 Å². The van der Waals surface area contributed by atoms with Crippen molar-refractivity contribution in [2.75, 3.05) is 21.3 Å². The summed E-state index contributed by atoms with van der Waals surface area (Å²) in [6.45, 7) is 3.65. The summed E-state index contributed by atoms with van der Waals surface area (Å²) in [5.74, 6) is 0. The van der Waals surface area contributed by atoms with Crippen LogP contribution in [0.5, 0.6) is 0 Å². The van der Waals surface area contributed by atoms with Gasteiger partial charge in [-0.05, 0) is 0 Å². The van der Waals surface area contributed by atoms with Crippen molar-refractivity contribution in [3.8, 4) is 0 Å². The molecule has 10 heavy (non-hydrogen) atoms. The van der Waals surface area contributed by atoms with Crippen molar-refractivity contribution >= 4 is 17.4 Å². The quantitative estimate of drug-likeness (QED) is 0.540. The zero-order valence-corrected chi connectivity index (χ0v) is 9.13. The van der Waals surface area contributed by atoms with Crippen molar-refractivity contribution in [3.63, 3.8) is 0 Å². The van der Waals surface area contributed by atoms with Gasteiger partial charge in [-0.15, -0.1) is 12.3 Å². The summed E-state index contributed by atoms with van der Waals surface area (Å²) in [6.07, 6.45) is 0. The Hall–Kier alpha value is 0.0538. The fraction of sp³-hybridized carbons (Fsp3) is 0.600. The molecule has 0 aromatic carbocycles. The van der Waals surface area contributed by atoms with Gasteiger partial charge in [0.1, 0.15) is 9.04 Å². The highest BCUT2D eigenvalue weighted by Crippen LogP contribution is 2.02. The Kier molecular flexibility index (Phi) is 4.83. The summed E-state index contributed by atoms with van der Waals surface area (Å²) in [5.41, 5.74) is 1.88. The first-order chi connectivity index (χ1) is 4.74. The standard InChI is InChI=1S/C5H14O3Si2/c1-5-9-10(6-2,7-3)8-4/h5H,1,9H2,2-4H3.